The summed E-state index contributed by atoms with van der Waals surface area (Å²) in [5.41, 5.74) is 7.02. The fourth-order valence-corrected chi connectivity index (χ4v) is 3.10. The first kappa shape index (κ1) is 14.0. The van der Waals surface area contributed by atoms with E-state index in [4.69, 9.17) is 5.73 Å². The Kier molecular flexibility index (Phi) is 3.60. The zero-order chi connectivity index (χ0) is 15.0. The molecule has 0 fully saturated rings. The molecule has 0 saturated carbocycles. The molecule has 1 amide bonds. The van der Waals surface area contributed by atoms with Gasteiger partial charge in [0, 0.05) is 10.2 Å². The van der Waals surface area contributed by atoms with Crippen LogP contribution in [0.4, 0.5) is 15.2 Å². The molecule has 3 N–H and O–H groups in total. The predicted molar refractivity (Wildman–Crippen MR) is 86.1 cm³/mol. The number of hydrogen-bond acceptors (Lipinski definition) is 4. The Morgan fingerprint density at radius 1 is 1.29 bits per heavy atom. The Balaban J connectivity index is 1.90. The maximum Gasteiger partial charge on any atom is 0.260 e. The van der Waals surface area contributed by atoms with Gasteiger partial charge in [-0.1, -0.05) is 27.3 Å². The van der Waals surface area contributed by atoms with Gasteiger partial charge in [-0.3, -0.25) is 10.1 Å². The Morgan fingerprint density at radius 3 is 2.90 bits per heavy atom. The van der Waals surface area contributed by atoms with Gasteiger partial charge in [0.15, 0.2) is 5.13 Å². The highest BCUT2D eigenvalue weighted by atomic mass is 79.9. The predicted octanol–water partition coefficient (Wildman–Crippen LogP) is 4.03. The summed E-state index contributed by atoms with van der Waals surface area (Å²) in [6, 6.07) is 9.49. The number of rotatable bonds is 2. The number of hydrogen-bond donors (Lipinski definition) is 2. The monoisotopic (exact) mass is 365 g/mol. The molecule has 4 nitrogen and oxygen atoms in total. The van der Waals surface area contributed by atoms with Crippen molar-refractivity contribution in [1.82, 2.24) is 4.98 Å². The molecule has 0 aliphatic carbocycles. The molecule has 2 aromatic carbocycles. The molecule has 0 aliphatic rings. The van der Waals surface area contributed by atoms with Gasteiger partial charge in [-0.2, -0.15) is 0 Å². The van der Waals surface area contributed by atoms with Crippen LogP contribution >= 0.6 is 27.3 Å². The van der Waals surface area contributed by atoms with E-state index in [0.717, 1.165) is 10.2 Å². The summed E-state index contributed by atoms with van der Waals surface area (Å²) in [5.74, 6) is -1.12. The standard InChI is InChI=1S/C14H9BrFN3OS/c15-7-1-3-10(16)9(5-7)13(20)19-14-18-11-4-2-8(17)6-12(11)21-14/h1-6H,17H2,(H,18,19,20). The highest BCUT2D eigenvalue weighted by Crippen LogP contribution is 2.28. The molecule has 1 aromatic heterocycles. The summed E-state index contributed by atoms with van der Waals surface area (Å²) >= 11 is 4.50. The van der Waals surface area contributed by atoms with Crippen LogP contribution in [0.25, 0.3) is 10.2 Å². The summed E-state index contributed by atoms with van der Waals surface area (Å²) in [5, 5.41) is 3.00. The average Bonchev–Trinajstić information content (AvgIpc) is 2.82. The van der Waals surface area contributed by atoms with Crippen molar-refractivity contribution in [1.29, 1.82) is 0 Å². The van der Waals surface area contributed by atoms with Crippen molar-refractivity contribution in [2.45, 2.75) is 0 Å². The number of halogens is 2. The summed E-state index contributed by atoms with van der Waals surface area (Å²) in [4.78, 5) is 16.4. The van der Waals surface area contributed by atoms with Crippen LogP contribution in [0.1, 0.15) is 10.4 Å². The van der Waals surface area contributed by atoms with Gasteiger partial charge >= 0.3 is 0 Å². The zero-order valence-corrected chi connectivity index (χ0v) is 13.0. The number of carbonyl (C=O) groups excluding carboxylic acids is 1. The fourth-order valence-electron chi connectivity index (χ4n) is 1.83. The molecule has 0 bridgehead atoms. The molecule has 0 spiro atoms. The topological polar surface area (TPSA) is 68.0 Å². The lowest BCUT2D eigenvalue weighted by atomic mass is 10.2. The van der Waals surface area contributed by atoms with Crippen molar-refractivity contribution in [2.24, 2.45) is 0 Å². The number of carbonyl (C=O) groups is 1. The van der Waals surface area contributed by atoms with E-state index in [1.165, 1.54) is 29.5 Å². The lowest BCUT2D eigenvalue weighted by Crippen LogP contribution is -2.13. The molecular weight excluding hydrogens is 357 g/mol. The normalized spacial score (nSPS) is 10.8. The van der Waals surface area contributed by atoms with E-state index < -0.39 is 11.7 Å². The summed E-state index contributed by atoms with van der Waals surface area (Å²) in [7, 11) is 0. The Hall–Kier alpha value is -1.99. The molecule has 106 valence electrons. The average molecular weight is 366 g/mol. The smallest absolute Gasteiger partial charge is 0.260 e. The van der Waals surface area contributed by atoms with Crippen LogP contribution in [0.15, 0.2) is 40.9 Å². The summed E-state index contributed by atoms with van der Waals surface area (Å²) in [6.45, 7) is 0. The number of fused-ring (bicyclic) bond motifs is 1. The maximum atomic E-state index is 13.7. The van der Waals surface area contributed by atoms with Gasteiger partial charge in [-0.05, 0) is 36.4 Å². The SMILES string of the molecule is Nc1ccc2nc(NC(=O)c3cc(Br)ccc3F)sc2c1. The van der Waals surface area contributed by atoms with E-state index in [1.807, 2.05) is 0 Å². The number of aromatic nitrogens is 1. The van der Waals surface area contributed by atoms with Crippen LogP contribution in [-0.4, -0.2) is 10.9 Å². The van der Waals surface area contributed by atoms with Crippen LogP contribution in [0.3, 0.4) is 0 Å². The van der Waals surface area contributed by atoms with E-state index in [0.29, 0.717) is 15.3 Å². The van der Waals surface area contributed by atoms with E-state index in [2.05, 4.69) is 26.2 Å². The molecule has 0 radical (unpaired) electrons. The molecule has 0 aliphatic heterocycles. The Labute approximate surface area is 131 Å². The third-order valence-corrected chi connectivity index (χ3v) is 4.23. The number of nitrogens with two attached hydrogens (primary N) is 1. The van der Waals surface area contributed by atoms with Crippen molar-refractivity contribution in [3.63, 3.8) is 0 Å². The highest BCUT2D eigenvalue weighted by molar-refractivity contribution is 9.10. The third-order valence-electron chi connectivity index (χ3n) is 2.81. The number of nitrogens with zero attached hydrogens (tertiary/aromatic N) is 1. The minimum atomic E-state index is -0.582. The minimum absolute atomic E-state index is 0.0388. The van der Waals surface area contributed by atoms with Crippen LogP contribution < -0.4 is 11.1 Å². The van der Waals surface area contributed by atoms with E-state index >= 15 is 0 Å². The first-order valence-electron chi connectivity index (χ1n) is 5.95. The molecule has 0 saturated heterocycles. The molecule has 7 heteroatoms. The molecule has 1 heterocycles. The lowest BCUT2D eigenvalue weighted by Gasteiger charge is -2.03. The van der Waals surface area contributed by atoms with Gasteiger partial charge in [0.1, 0.15) is 5.82 Å². The second kappa shape index (κ2) is 5.42. The number of nitrogen functional groups attached to an aromatic ring is 1. The molecule has 3 aromatic rings. The van der Waals surface area contributed by atoms with Crippen LogP contribution in [0, 0.1) is 5.82 Å². The van der Waals surface area contributed by atoms with Gasteiger partial charge in [0.05, 0.1) is 15.8 Å². The number of nitrogens with one attached hydrogen (secondary N) is 1. The number of amides is 1. The molecule has 21 heavy (non-hydrogen) atoms. The van der Waals surface area contributed by atoms with Gasteiger partial charge in [-0.15, -0.1) is 0 Å². The lowest BCUT2D eigenvalue weighted by molar-refractivity contribution is 0.102. The van der Waals surface area contributed by atoms with Crippen LogP contribution in [0.5, 0.6) is 0 Å². The quantitative estimate of drug-likeness (QED) is 0.673. The van der Waals surface area contributed by atoms with Gasteiger partial charge in [0.2, 0.25) is 0 Å². The van der Waals surface area contributed by atoms with E-state index in [1.54, 1.807) is 18.2 Å². The van der Waals surface area contributed by atoms with Crippen molar-refractivity contribution < 1.29 is 9.18 Å². The second-order valence-electron chi connectivity index (χ2n) is 4.32. The maximum absolute atomic E-state index is 13.7. The first-order chi connectivity index (χ1) is 10.0. The van der Waals surface area contributed by atoms with Crippen molar-refractivity contribution in [3.05, 3.63) is 52.3 Å². The van der Waals surface area contributed by atoms with Gasteiger partial charge in [0.25, 0.3) is 5.91 Å². The largest absolute Gasteiger partial charge is 0.399 e. The minimum Gasteiger partial charge on any atom is -0.399 e. The fraction of sp³-hybridized carbons (Fsp3) is 0. The first-order valence-corrected chi connectivity index (χ1v) is 7.56. The number of benzene rings is 2. The summed E-state index contributed by atoms with van der Waals surface area (Å²) < 4.78 is 15.2. The molecule has 0 atom stereocenters. The van der Waals surface area contributed by atoms with Crippen LogP contribution in [-0.2, 0) is 0 Å². The van der Waals surface area contributed by atoms with Crippen molar-refractivity contribution >= 4 is 54.2 Å². The second-order valence-corrected chi connectivity index (χ2v) is 6.27. The highest BCUT2D eigenvalue weighted by Gasteiger charge is 2.14. The Bertz CT molecular complexity index is 849. The third kappa shape index (κ3) is 2.88. The zero-order valence-electron chi connectivity index (χ0n) is 10.6. The summed E-state index contributed by atoms with van der Waals surface area (Å²) in [6.07, 6.45) is 0. The molecule has 0 unspecified atom stereocenters. The number of anilines is 2. The van der Waals surface area contributed by atoms with Gasteiger partial charge in [-0.25, -0.2) is 9.37 Å². The van der Waals surface area contributed by atoms with E-state index in [9.17, 15) is 9.18 Å². The van der Waals surface area contributed by atoms with E-state index in [-0.39, 0.29) is 5.56 Å². The van der Waals surface area contributed by atoms with Crippen LogP contribution in [0.2, 0.25) is 0 Å². The van der Waals surface area contributed by atoms with Gasteiger partial charge < -0.3 is 5.73 Å². The molecule has 3 rings (SSSR count). The number of thiazole rings is 1. The van der Waals surface area contributed by atoms with Crippen molar-refractivity contribution in [3.8, 4) is 0 Å². The Morgan fingerprint density at radius 2 is 2.10 bits per heavy atom. The molecular formula is C14H9BrFN3OS. The van der Waals surface area contributed by atoms with Crippen molar-refractivity contribution in [2.75, 3.05) is 11.1 Å².